The fourth-order valence-electron chi connectivity index (χ4n) is 5.60. The van der Waals surface area contributed by atoms with Gasteiger partial charge < -0.3 is 28.6 Å². The minimum Gasteiger partial charge on any atom is -0.544 e. The molecule has 0 aliphatic carbocycles. The maximum atomic E-state index is 12.6. The van der Waals surface area contributed by atoms with E-state index in [-0.39, 0.29) is 42.7 Å². The molecule has 0 spiro atoms. The summed E-state index contributed by atoms with van der Waals surface area (Å²) in [6.45, 7) is 4.46. The average Bonchev–Trinajstić information content (AvgIpc) is 3.12. The number of hydrogen-bond acceptors (Lipinski definition) is 7. The van der Waals surface area contributed by atoms with Crippen molar-refractivity contribution in [2.75, 3.05) is 41.0 Å². The second-order valence-corrected chi connectivity index (χ2v) is 14.8. The summed E-state index contributed by atoms with van der Waals surface area (Å²) in [6.07, 6.45) is 45.1. The van der Waals surface area contributed by atoms with E-state index in [4.69, 9.17) is 14.2 Å². The molecule has 0 fully saturated rings. The molecule has 8 heteroatoms. The highest BCUT2D eigenvalue weighted by atomic mass is 16.6. The van der Waals surface area contributed by atoms with Crippen molar-refractivity contribution in [1.29, 1.82) is 0 Å². The normalized spacial score (nSPS) is 13.7. The first-order valence-corrected chi connectivity index (χ1v) is 21.0. The van der Waals surface area contributed by atoms with Gasteiger partial charge in [-0.25, -0.2) is 0 Å². The van der Waals surface area contributed by atoms with Crippen LogP contribution in [-0.2, 0) is 28.6 Å². The Morgan fingerprint density at radius 2 is 1.04 bits per heavy atom. The molecule has 0 aromatic heterocycles. The molecule has 2 unspecified atom stereocenters. The van der Waals surface area contributed by atoms with Gasteiger partial charge in [-0.2, -0.15) is 0 Å². The van der Waals surface area contributed by atoms with Crippen molar-refractivity contribution in [3.63, 3.8) is 0 Å². The number of quaternary nitrogens is 1. The fourth-order valence-corrected chi connectivity index (χ4v) is 5.60. The molecule has 0 rings (SSSR count). The Kier molecular flexibility index (Phi) is 34.5. The Hall–Kier alpha value is -3.23. The molecular formula is C46H77NO7. The Balaban J connectivity index is 4.39. The number of rotatable bonds is 36. The number of carboxylic acid groups (broad SMARTS) is 1. The number of carboxylic acids is 1. The highest BCUT2D eigenvalue weighted by Crippen LogP contribution is 2.13. The zero-order valence-corrected chi connectivity index (χ0v) is 34.9. The van der Waals surface area contributed by atoms with Gasteiger partial charge >= 0.3 is 11.9 Å². The van der Waals surface area contributed by atoms with Crippen LogP contribution in [0.4, 0.5) is 0 Å². The Bertz CT molecular complexity index is 1110. The zero-order valence-electron chi connectivity index (χ0n) is 34.9. The number of allylic oxidation sites excluding steroid dienone is 12. The number of nitrogens with zero attached hydrogens (tertiary/aromatic N) is 1. The number of hydrogen-bond donors (Lipinski definition) is 0. The third-order valence-corrected chi connectivity index (χ3v) is 8.86. The molecule has 2 atom stereocenters. The van der Waals surface area contributed by atoms with Crippen LogP contribution in [0.3, 0.4) is 0 Å². The maximum absolute atomic E-state index is 12.6. The molecule has 0 amide bonds. The SMILES string of the molecule is CC/C=C/C/C=C/C/C=C/C/C=C/C/C=C/C/C=C/CCCCC(=O)OCC(COCCC(C(=O)[O-])[N+](C)(C)C)OC(=O)CCCCCCCCCCC. The number of aliphatic carboxylic acids is 1. The van der Waals surface area contributed by atoms with E-state index in [1.807, 2.05) is 0 Å². The summed E-state index contributed by atoms with van der Waals surface area (Å²) in [5.41, 5.74) is 0. The van der Waals surface area contributed by atoms with Crippen molar-refractivity contribution in [1.82, 2.24) is 0 Å². The minimum atomic E-state index is -1.13. The lowest BCUT2D eigenvalue weighted by molar-refractivity contribution is -0.889. The molecule has 0 saturated heterocycles. The Morgan fingerprint density at radius 3 is 1.54 bits per heavy atom. The topological polar surface area (TPSA) is 102 Å². The van der Waals surface area contributed by atoms with Gasteiger partial charge in [0.2, 0.25) is 0 Å². The maximum Gasteiger partial charge on any atom is 0.306 e. The summed E-state index contributed by atoms with van der Waals surface area (Å²) < 4.78 is 17.0. The van der Waals surface area contributed by atoms with Crippen molar-refractivity contribution in [3.05, 3.63) is 72.9 Å². The van der Waals surface area contributed by atoms with E-state index in [1.165, 1.54) is 38.5 Å². The molecule has 0 aliphatic rings. The number of carbonyl (C=O) groups is 3. The van der Waals surface area contributed by atoms with Crippen molar-refractivity contribution >= 4 is 17.9 Å². The number of esters is 2. The molecule has 0 saturated carbocycles. The second kappa shape index (κ2) is 36.7. The highest BCUT2D eigenvalue weighted by Gasteiger charge is 2.25. The van der Waals surface area contributed by atoms with Crippen molar-refractivity contribution in [3.8, 4) is 0 Å². The van der Waals surface area contributed by atoms with Crippen molar-refractivity contribution < 1.29 is 38.2 Å². The van der Waals surface area contributed by atoms with E-state index in [9.17, 15) is 19.5 Å². The van der Waals surface area contributed by atoms with Crippen LogP contribution in [0.25, 0.3) is 0 Å². The largest absolute Gasteiger partial charge is 0.544 e. The number of carbonyl (C=O) groups excluding carboxylic acids is 3. The molecule has 8 nitrogen and oxygen atoms in total. The van der Waals surface area contributed by atoms with Crippen LogP contribution in [0.15, 0.2) is 72.9 Å². The van der Waals surface area contributed by atoms with Gasteiger partial charge in [-0.3, -0.25) is 9.59 Å². The third kappa shape index (κ3) is 34.5. The number of ether oxygens (including phenoxy) is 3. The molecule has 0 aliphatic heterocycles. The smallest absolute Gasteiger partial charge is 0.306 e. The average molecular weight is 756 g/mol. The Labute approximate surface area is 330 Å². The van der Waals surface area contributed by atoms with E-state index in [1.54, 1.807) is 21.1 Å². The van der Waals surface area contributed by atoms with Gasteiger partial charge in [-0.1, -0.05) is 138 Å². The summed E-state index contributed by atoms with van der Waals surface area (Å²) in [4.78, 5) is 36.7. The lowest BCUT2D eigenvalue weighted by Crippen LogP contribution is -2.55. The quantitative estimate of drug-likeness (QED) is 0.0272. The summed E-state index contributed by atoms with van der Waals surface area (Å²) in [5, 5.41) is 11.6. The standard InChI is InChI=1S/C46H77NO7/c1-6-8-10-12-14-16-17-18-19-20-21-22-23-24-25-26-27-29-30-32-34-36-44(48)53-41-42(40-52-39-38-43(46(50)51)47(3,4)5)54-45(49)37-35-33-31-28-15-13-11-9-7-2/h8,10,14,16,18-19,21-22,24-25,27,29,42-43H,6-7,9,11-13,15,17,20,23,26,28,30-41H2,1-5H3/b10-8+,16-14+,19-18+,22-21+,25-24+,29-27+. The van der Waals surface area contributed by atoms with Crippen LogP contribution in [0.1, 0.15) is 149 Å². The van der Waals surface area contributed by atoms with E-state index in [0.29, 0.717) is 19.3 Å². The van der Waals surface area contributed by atoms with Crippen LogP contribution in [0.5, 0.6) is 0 Å². The second-order valence-electron chi connectivity index (χ2n) is 14.8. The van der Waals surface area contributed by atoms with Gasteiger partial charge in [0.05, 0.1) is 40.3 Å². The summed E-state index contributed by atoms with van der Waals surface area (Å²) in [7, 11) is 5.38. The first-order chi connectivity index (χ1) is 26.1. The molecule has 0 bridgehead atoms. The van der Waals surface area contributed by atoms with E-state index >= 15 is 0 Å². The monoisotopic (exact) mass is 756 g/mol. The predicted molar refractivity (Wildman–Crippen MR) is 222 cm³/mol. The van der Waals surface area contributed by atoms with Crippen LogP contribution < -0.4 is 5.11 Å². The van der Waals surface area contributed by atoms with Crippen LogP contribution in [0.2, 0.25) is 0 Å². The molecular weight excluding hydrogens is 679 g/mol. The Morgan fingerprint density at radius 1 is 0.574 bits per heavy atom. The zero-order chi connectivity index (χ0) is 40.0. The van der Waals surface area contributed by atoms with Gasteiger partial charge in [-0.15, -0.1) is 0 Å². The fraction of sp³-hybridized carbons (Fsp3) is 0.674. The van der Waals surface area contributed by atoms with Gasteiger partial charge in [0, 0.05) is 19.3 Å². The van der Waals surface area contributed by atoms with Gasteiger partial charge in [0.25, 0.3) is 0 Å². The lowest BCUT2D eigenvalue weighted by Gasteiger charge is -2.34. The van der Waals surface area contributed by atoms with E-state index < -0.39 is 18.1 Å². The summed E-state index contributed by atoms with van der Waals surface area (Å²) in [5.74, 6) is -1.80. The molecule has 308 valence electrons. The first-order valence-electron chi connectivity index (χ1n) is 21.0. The highest BCUT2D eigenvalue weighted by molar-refractivity contribution is 5.70. The van der Waals surface area contributed by atoms with Crippen LogP contribution in [0, 0.1) is 0 Å². The molecule has 0 aromatic carbocycles. The lowest BCUT2D eigenvalue weighted by atomic mass is 10.1. The molecule has 0 aromatic rings. The first kappa shape index (κ1) is 50.8. The number of likely N-dealkylation sites (N-methyl/N-ethyl adjacent to an activating group) is 1. The van der Waals surface area contributed by atoms with Crippen LogP contribution >= 0.6 is 0 Å². The predicted octanol–water partition coefficient (Wildman–Crippen LogP) is 9.85. The third-order valence-electron chi connectivity index (χ3n) is 8.86. The molecule has 0 N–H and O–H groups in total. The molecule has 0 radical (unpaired) electrons. The number of unbranched alkanes of at least 4 members (excludes halogenated alkanes) is 10. The van der Waals surface area contributed by atoms with E-state index in [2.05, 4.69) is 86.8 Å². The summed E-state index contributed by atoms with van der Waals surface area (Å²) >= 11 is 0. The van der Waals surface area contributed by atoms with Gasteiger partial charge in [-0.05, 0) is 64.2 Å². The molecule has 54 heavy (non-hydrogen) atoms. The van der Waals surface area contributed by atoms with Crippen LogP contribution in [-0.4, -0.2) is 75.5 Å². The van der Waals surface area contributed by atoms with E-state index in [0.717, 1.165) is 70.6 Å². The molecule has 0 heterocycles. The van der Waals surface area contributed by atoms with Gasteiger partial charge in [0.1, 0.15) is 12.6 Å². The minimum absolute atomic E-state index is 0.0242. The van der Waals surface area contributed by atoms with Crippen molar-refractivity contribution in [2.24, 2.45) is 0 Å². The van der Waals surface area contributed by atoms with Crippen molar-refractivity contribution in [2.45, 2.75) is 161 Å². The summed E-state index contributed by atoms with van der Waals surface area (Å²) in [6, 6.07) is -0.733. The van der Waals surface area contributed by atoms with Gasteiger partial charge in [0.15, 0.2) is 6.10 Å².